The Balaban J connectivity index is 4.56. The van der Waals surface area contributed by atoms with Gasteiger partial charge in [0.2, 0.25) is 0 Å². The molecule has 0 aliphatic carbocycles. The fourth-order valence-electron chi connectivity index (χ4n) is 2.41. The molecule has 1 unspecified atom stereocenters. The third kappa shape index (κ3) is 9.27. The molecule has 0 bridgehead atoms. The molecule has 0 spiro atoms. The van der Waals surface area contributed by atoms with E-state index in [0.29, 0.717) is 6.61 Å². The molecule has 1 atom stereocenters. The summed E-state index contributed by atoms with van der Waals surface area (Å²) >= 11 is -2.54. The Labute approximate surface area is 124 Å². The zero-order valence-corrected chi connectivity index (χ0v) is 16.0. The number of rotatable bonds is 13. The Hall–Kier alpha value is 0.679. The van der Waals surface area contributed by atoms with Crippen molar-refractivity contribution in [2.24, 2.45) is 0 Å². The van der Waals surface area contributed by atoms with Crippen molar-refractivity contribution in [3.05, 3.63) is 0 Å². The van der Waals surface area contributed by atoms with Crippen LogP contribution >= 0.6 is 0 Å². The second kappa shape index (κ2) is 12.4. The van der Waals surface area contributed by atoms with Gasteiger partial charge in [0, 0.05) is 0 Å². The van der Waals surface area contributed by atoms with Gasteiger partial charge in [-0.3, -0.25) is 0 Å². The van der Waals surface area contributed by atoms with Crippen LogP contribution in [0.4, 0.5) is 0 Å². The number of aliphatic hydroxyl groups excluding tert-OH is 2. The zero-order valence-electron chi connectivity index (χ0n) is 13.2. The van der Waals surface area contributed by atoms with Crippen LogP contribution in [0.25, 0.3) is 0 Å². The molecule has 3 nitrogen and oxygen atoms in total. The number of unbranched alkanes of at least 4 members (excludes halogenated alkanes) is 3. The van der Waals surface area contributed by atoms with E-state index in [-0.39, 0.29) is 6.61 Å². The molecule has 2 N–H and O–H groups in total. The summed E-state index contributed by atoms with van der Waals surface area (Å²) in [6.07, 6.45) is 6.77. The fraction of sp³-hybridized carbons (Fsp3) is 1.00. The Morgan fingerprint density at radius 3 is 1.63 bits per heavy atom. The average molecular weight is 381 g/mol. The number of aliphatic hydroxyl groups is 2. The monoisotopic (exact) mass is 382 g/mol. The van der Waals surface area contributed by atoms with Gasteiger partial charge >= 0.3 is 124 Å². The summed E-state index contributed by atoms with van der Waals surface area (Å²) in [4.78, 5) is 0. The summed E-state index contributed by atoms with van der Waals surface area (Å²) in [5, 5.41) is 18.5. The standard InChI is InChI=1S/3C4H9.C3H7O3.Sn/c3*1-3-4-2;4-1-3(6)2-5;/h3*1,3-4H2,2H3;3-4,6H,1-2H2;/q;;;-1;+1. The molecule has 0 aliphatic heterocycles. The summed E-state index contributed by atoms with van der Waals surface area (Å²) in [7, 11) is 0. The van der Waals surface area contributed by atoms with Crippen LogP contribution in [0, 0.1) is 0 Å². The van der Waals surface area contributed by atoms with Crippen LogP contribution in [0.3, 0.4) is 0 Å². The van der Waals surface area contributed by atoms with E-state index in [1.165, 1.54) is 51.8 Å². The molecule has 0 saturated carbocycles. The van der Waals surface area contributed by atoms with Crippen LogP contribution in [0.15, 0.2) is 0 Å². The van der Waals surface area contributed by atoms with Crippen LogP contribution < -0.4 is 0 Å². The first-order valence-electron chi connectivity index (χ1n) is 8.07. The summed E-state index contributed by atoms with van der Waals surface area (Å²) in [5.74, 6) is 0. The molecule has 0 aliphatic rings. The molecular weight excluding hydrogens is 347 g/mol. The average Bonchev–Trinajstić information content (AvgIpc) is 2.45. The number of hydrogen-bond acceptors (Lipinski definition) is 3. The molecule has 0 fully saturated rings. The van der Waals surface area contributed by atoms with E-state index in [2.05, 4.69) is 20.8 Å². The topological polar surface area (TPSA) is 49.7 Å². The zero-order chi connectivity index (χ0) is 14.6. The van der Waals surface area contributed by atoms with Gasteiger partial charge in [0.15, 0.2) is 0 Å². The fourth-order valence-corrected chi connectivity index (χ4v) is 15.9. The van der Waals surface area contributed by atoms with Crippen LogP contribution in [-0.2, 0) is 3.07 Å². The van der Waals surface area contributed by atoms with Crippen LogP contribution in [0.5, 0.6) is 0 Å². The maximum atomic E-state index is 9.56. The molecule has 19 heavy (non-hydrogen) atoms. The quantitative estimate of drug-likeness (QED) is 0.479. The molecule has 0 saturated heterocycles. The summed E-state index contributed by atoms with van der Waals surface area (Å²) in [5.41, 5.74) is 0. The van der Waals surface area contributed by atoms with E-state index in [1.54, 1.807) is 0 Å². The number of hydrogen-bond donors (Lipinski definition) is 2. The Kier molecular flexibility index (Phi) is 12.9. The van der Waals surface area contributed by atoms with Crippen molar-refractivity contribution in [1.82, 2.24) is 0 Å². The Morgan fingerprint density at radius 1 is 0.895 bits per heavy atom. The van der Waals surface area contributed by atoms with Gasteiger partial charge in [-0.25, -0.2) is 0 Å². The van der Waals surface area contributed by atoms with Crippen molar-refractivity contribution in [2.75, 3.05) is 13.2 Å². The predicted molar refractivity (Wildman–Crippen MR) is 83.9 cm³/mol. The third-order valence-electron chi connectivity index (χ3n) is 3.75. The van der Waals surface area contributed by atoms with E-state index in [4.69, 9.17) is 8.18 Å². The molecule has 0 heterocycles. The van der Waals surface area contributed by atoms with Crippen molar-refractivity contribution >= 4 is 18.8 Å². The van der Waals surface area contributed by atoms with Crippen LogP contribution in [0.2, 0.25) is 13.3 Å². The Bertz CT molecular complexity index is 178. The second-order valence-electron chi connectivity index (χ2n) is 5.64. The molecule has 0 aromatic carbocycles. The molecular formula is C15H34O3Sn. The van der Waals surface area contributed by atoms with Crippen molar-refractivity contribution in [2.45, 2.75) is 78.7 Å². The molecule has 0 aromatic heterocycles. The molecule has 0 rings (SSSR count). The van der Waals surface area contributed by atoms with Gasteiger partial charge < -0.3 is 0 Å². The molecule has 4 heteroatoms. The summed E-state index contributed by atoms with van der Waals surface area (Å²) in [6.45, 7) is 6.87. The summed E-state index contributed by atoms with van der Waals surface area (Å²) in [6, 6.07) is 0. The molecule has 0 amide bonds. The van der Waals surface area contributed by atoms with Crippen molar-refractivity contribution in [3.8, 4) is 0 Å². The minimum absolute atomic E-state index is 0.183. The van der Waals surface area contributed by atoms with Crippen molar-refractivity contribution < 1.29 is 13.3 Å². The maximum absolute atomic E-state index is 9.56. The normalized spacial score (nSPS) is 13.7. The van der Waals surface area contributed by atoms with Gasteiger partial charge in [0.1, 0.15) is 0 Å². The first-order chi connectivity index (χ1) is 9.14. The van der Waals surface area contributed by atoms with E-state index >= 15 is 0 Å². The van der Waals surface area contributed by atoms with Gasteiger partial charge in [-0.1, -0.05) is 0 Å². The second-order valence-corrected chi connectivity index (χ2v) is 17.5. The van der Waals surface area contributed by atoms with E-state index in [0.717, 1.165) is 0 Å². The van der Waals surface area contributed by atoms with Crippen LogP contribution in [0.1, 0.15) is 59.3 Å². The molecule has 0 aromatic rings. The van der Waals surface area contributed by atoms with E-state index < -0.39 is 24.9 Å². The van der Waals surface area contributed by atoms with Crippen molar-refractivity contribution in [3.63, 3.8) is 0 Å². The van der Waals surface area contributed by atoms with Crippen LogP contribution in [-0.4, -0.2) is 48.3 Å². The first-order valence-corrected chi connectivity index (χ1v) is 15.3. The van der Waals surface area contributed by atoms with Gasteiger partial charge in [-0.15, -0.1) is 0 Å². The first kappa shape index (κ1) is 19.7. The SMILES string of the molecule is CCC[CH2][Sn]([CH2]CCC)([CH2]CCC)[O]CC(O)CO. The van der Waals surface area contributed by atoms with E-state index in [9.17, 15) is 5.11 Å². The van der Waals surface area contributed by atoms with Gasteiger partial charge in [0.25, 0.3) is 0 Å². The van der Waals surface area contributed by atoms with E-state index in [1.807, 2.05) is 0 Å². The van der Waals surface area contributed by atoms with Gasteiger partial charge in [-0.05, 0) is 0 Å². The molecule has 116 valence electrons. The Morgan fingerprint density at radius 2 is 1.32 bits per heavy atom. The summed E-state index contributed by atoms with van der Waals surface area (Å²) < 4.78 is 10.1. The third-order valence-corrected chi connectivity index (χ3v) is 16.8. The molecule has 0 radical (unpaired) electrons. The van der Waals surface area contributed by atoms with Gasteiger partial charge in [0.05, 0.1) is 0 Å². The van der Waals surface area contributed by atoms with Crippen molar-refractivity contribution in [1.29, 1.82) is 0 Å². The minimum atomic E-state index is -2.54. The predicted octanol–water partition coefficient (Wildman–Crippen LogP) is 3.70. The van der Waals surface area contributed by atoms with Gasteiger partial charge in [-0.2, -0.15) is 0 Å².